The number of morpholine rings is 1. The number of nitrogens with two attached hydrogens (primary N) is 1. The van der Waals surface area contributed by atoms with Crippen molar-refractivity contribution in [2.24, 2.45) is 0 Å². The molecule has 7 heteroatoms. The van der Waals surface area contributed by atoms with Gasteiger partial charge in [-0.25, -0.2) is 4.98 Å². The number of thiazole rings is 1. The smallest absolute Gasteiger partial charge is 0.180 e. The normalized spacial score (nSPS) is 15.3. The molecular formula is C19H28N4O2S. The second-order valence-electron chi connectivity index (χ2n) is 6.43. The molecule has 1 aliphatic rings. The van der Waals surface area contributed by atoms with Gasteiger partial charge in [-0.3, -0.25) is 4.90 Å². The number of methoxy groups -OCH3 is 1. The average molecular weight is 377 g/mol. The third-order valence-electron chi connectivity index (χ3n) is 4.52. The average Bonchev–Trinajstić information content (AvgIpc) is 3.01. The number of anilines is 1. The molecule has 6 nitrogen and oxygen atoms in total. The molecule has 3 rings (SSSR count). The van der Waals surface area contributed by atoms with Crippen LogP contribution >= 0.6 is 11.3 Å². The van der Waals surface area contributed by atoms with Crippen LogP contribution in [0.15, 0.2) is 24.3 Å². The van der Waals surface area contributed by atoms with E-state index in [1.165, 1.54) is 10.4 Å². The first-order valence-corrected chi connectivity index (χ1v) is 9.94. The van der Waals surface area contributed by atoms with Crippen molar-refractivity contribution in [3.63, 3.8) is 0 Å². The highest BCUT2D eigenvalue weighted by Crippen LogP contribution is 2.25. The Morgan fingerprint density at radius 1 is 1.35 bits per heavy atom. The number of nitrogen functional groups attached to an aromatic ring is 1. The summed E-state index contributed by atoms with van der Waals surface area (Å²) in [5, 5.41) is 4.14. The number of rotatable bonds is 9. The molecule has 26 heavy (non-hydrogen) atoms. The number of nitrogens with one attached hydrogen (secondary N) is 1. The lowest BCUT2D eigenvalue weighted by Gasteiger charge is -2.26. The summed E-state index contributed by atoms with van der Waals surface area (Å²) >= 11 is 1.57. The van der Waals surface area contributed by atoms with E-state index in [1.54, 1.807) is 18.4 Å². The lowest BCUT2D eigenvalue weighted by Crippen LogP contribution is -2.37. The molecule has 0 spiro atoms. The van der Waals surface area contributed by atoms with Crippen molar-refractivity contribution in [1.82, 2.24) is 15.2 Å². The molecule has 0 unspecified atom stereocenters. The first-order chi connectivity index (χ1) is 12.7. The molecule has 1 aliphatic heterocycles. The summed E-state index contributed by atoms with van der Waals surface area (Å²) in [6, 6.07) is 8.15. The zero-order chi connectivity index (χ0) is 18.2. The fraction of sp³-hybridized carbons (Fsp3) is 0.526. The second-order valence-corrected chi connectivity index (χ2v) is 7.55. The molecule has 0 bridgehead atoms. The molecule has 1 saturated heterocycles. The van der Waals surface area contributed by atoms with Crippen molar-refractivity contribution in [2.75, 3.05) is 52.2 Å². The molecule has 0 atom stereocenters. The summed E-state index contributed by atoms with van der Waals surface area (Å²) in [7, 11) is 1.69. The van der Waals surface area contributed by atoms with Crippen LogP contribution in [-0.2, 0) is 17.7 Å². The maximum atomic E-state index is 5.95. The Kier molecular flexibility index (Phi) is 7.25. The minimum atomic E-state index is 0.632. The van der Waals surface area contributed by atoms with E-state index in [0.29, 0.717) is 5.13 Å². The van der Waals surface area contributed by atoms with Gasteiger partial charge in [0, 0.05) is 30.9 Å². The topological polar surface area (TPSA) is 72.6 Å². The Hall–Kier alpha value is -1.67. The third kappa shape index (κ3) is 5.67. The number of aromatic nitrogens is 1. The zero-order valence-electron chi connectivity index (χ0n) is 15.4. The summed E-state index contributed by atoms with van der Waals surface area (Å²) in [6.45, 7) is 6.68. The van der Waals surface area contributed by atoms with E-state index in [0.717, 1.165) is 70.2 Å². The monoisotopic (exact) mass is 376 g/mol. The van der Waals surface area contributed by atoms with Crippen LogP contribution in [0.2, 0.25) is 0 Å². The van der Waals surface area contributed by atoms with Crippen LogP contribution in [0.3, 0.4) is 0 Å². The van der Waals surface area contributed by atoms with Crippen LogP contribution in [0.25, 0.3) is 0 Å². The van der Waals surface area contributed by atoms with Gasteiger partial charge in [0.2, 0.25) is 0 Å². The first kappa shape index (κ1) is 19.1. The van der Waals surface area contributed by atoms with Gasteiger partial charge in [-0.15, -0.1) is 11.3 Å². The summed E-state index contributed by atoms with van der Waals surface area (Å²) in [5.41, 5.74) is 8.22. The van der Waals surface area contributed by atoms with E-state index < -0.39 is 0 Å². The highest BCUT2D eigenvalue weighted by atomic mass is 32.1. The molecule has 1 aromatic carbocycles. The highest BCUT2D eigenvalue weighted by molar-refractivity contribution is 7.15. The Labute approximate surface area is 159 Å². The van der Waals surface area contributed by atoms with Crippen molar-refractivity contribution < 1.29 is 9.47 Å². The summed E-state index contributed by atoms with van der Waals surface area (Å²) in [4.78, 5) is 8.19. The Morgan fingerprint density at radius 3 is 3.00 bits per heavy atom. The van der Waals surface area contributed by atoms with Crippen LogP contribution < -0.4 is 15.8 Å². The summed E-state index contributed by atoms with van der Waals surface area (Å²) in [5.74, 6) is 0.878. The van der Waals surface area contributed by atoms with Crippen LogP contribution in [0, 0.1) is 0 Å². The maximum absolute atomic E-state index is 5.95. The summed E-state index contributed by atoms with van der Waals surface area (Å²) < 4.78 is 10.7. The second kappa shape index (κ2) is 9.87. The van der Waals surface area contributed by atoms with Crippen LogP contribution in [0.4, 0.5) is 5.13 Å². The SMILES string of the molecule is COc1cccc(Cc2sc(N)nc2CNCCCN2CCOCC2)c1. The van der Waals surface area contributed by atoms with Gasteiger partial charge in [0.1, 0.15) is 5.75 Å². The van der Waals surface area contributed by atoms with Crippen molar-refractivity contribution in [2.45, 2.75) is 19.4 Å². The number of ether oxygens (including phenoxy) is 2. The molecule has 1 aromatic heterocycles. The summed E-state index contributed by atoms with van der Waals surface area (Å²) in [6.07, 6.45) is 1.96. The molecular weight excluding hydrogens is 348 g/mol. The molecule has 1 fully saturated rings. The molecule has 3 N–H and O–H groups in total. The van der Waals surface area contributed by atoms with Crippen molar-refractivity contribution >= 4 is 16.5 Å². The van der Waals surface area contributed by atoms with Gasteiger partial charge < -0.3 is 20.5 Å². The third-order valence-corrected chi connectivity index (χ3v) is 5.44. The van der Waals surface area contributed by atoms with Gasteiger partial charge in [-0.1, -0.05) is 12.1 Å². The van der Waals surface area contributed by atoms with Crippen molar-refractivity contribution in [3.8, 4) is 5.75 Å². The predicted molar refractivity (Wildman–Crippen MR) is 106 cm³/mol. The largest absolute Gasteiger partial charge is 0.497 e. The number of nitrogens with zero attached hydrogens (tertiary/aromatic N) is 2. The Bertz CT molecular complexity index is 686. The standard InChI is InChI=1S/C19H28N4O2S/c1-24-16-5-2-4-15(12-16)13-18-17(22-19(20)26-18)14-21-6-3-7-23-8-10-25-11-9-23/h2,4-5,12,21H,3,6-11,13-14H2,1H3,(H2,20,22). The molecule has 2 heterocycles. The van der Waals surface area contributed by atoms with Gasteiger partial charge in [0.05, 0.1) is 26.0 Å². The van der Waals surface area contributed by atoms with Gasteiger partial charge in [0.25, 0.3) is 0 Å². The highest BCUT2D eigenvalue weighted by Gasteiger charge is 2.12. The van der Waals surface area contributed by atoms with Crippen LogP contribution in [-0.4, -0.2) is 56.4 Å². The fourth-order valence-electron chi connectivity index (χ4n) is 3.11. The Balaban J connectivity index is 1.47. The van der Waals surface area contributed by atoms with Gasteiger partial charge >= 0.3 is 0 Å². The van der Waals surface area contributed by atoms with Gasteiger partial charge in [0.15, 0.2) is 5.13 Å². The minimum absolute atomic E-state index is 0.632. The molecule has 2 aromatic rings. The number of hydrogen-bond acceptors (Lipinski definition) is 7. The minimum Gasteiger partial charge on any atom is -0.497 e. The van der Waals surface area contributed by atoms with E-state index in [9.17, 15) is 0 Å². The number of hydrogen-bond donors (Lipinski definition) is 2. The molecule has 142 valence electrons. The van der Waals surface area contributed by atoms with E-state index in [1.807, 2.05) is 12.1 Å². The van der Waals surface area contributed by atoms with Crippen LogP contribution in [0.5, 0.6) is 5.75 Å². The van der Waals surface area contributed by atoms with Gasteiger partial charge in [-0.05, 0) is 37.2 Å². The predicted octanol–water partition coefficient (Wildman–Crippen LogP) is 2.14. The maximum Gasteiger partial charge on any atom is 0.180 e. The Morgan fingerprint density at radius 2 is 2.19 bits per heavy atom. The van der Waals surface area contributed by atoms with E-state index in [2.05, 4.69) is 27.3 Å². The van der Waals surface area contributed by atoms with Gasteiger partial charge in [-0.2, -0.15) is 0 Å². The fourth-order valence-corrected chi connectivity index (χ4v) is 3.99. The molecule has 0 amide bonds. The van der Waals surface area contributed by atoms with Crippen molar-refractivity contribution in [3.05, 3.63) is 40.4 Å². The quantitative estimate of drug-likeness (QED) is 0.653. The van der Waals surface area contributed by atoms with Crippen LogP contribution in [0.1, 0.15) is 22.6 Å². The van der Waals surface area contributed by atoms with E-state index in [-0.39, 0.29) is 0 Å². The molecule has 0 radical (unpaired) electrons. The van der Waals surface area contributed by atoms with Crippen molar-refractivity contribution in [1.29, 1.82) is 0 Å². The number of benzene rings is 1. The lowest BCUT2D eigenvalue weighted by atomic mass is 10.1. The molecule has 0 saturated carbocycles. The lowest BCUT2D eigenvalue weighted by molar-refractivity contribution is 0.0374. The van der Waals surface area contributed by atoms with E-state index >= 15 is 0 Å². The van der Waals surface area contributed by atoms with E-state index in [4.69, 9.17) is 15.2 Å². The zero-order valence-corrected chi connectivity index (χ0v) is 16.2. The first-order valence-electron chi connectivity index (χ1n) is 9.12. The molecule has 0 aliphatic carbocycles.